The molecule has 2 fully saturated rings. The summed E-state index contributed by atoms with van der Waals surface area (Å²) in [6.45, 7) is 10.1. The van der Waals surface area contributed by atoms with Crippen molar-refractivity contribution in [2.45, 2.75) is 38.5 Å². The maximum atomic E-state index is 13.1. The largest absolute Gasteiger partial charge is 0.368 e. The summed E-state index contributed by atoms with van der Waals surface area (Å²) >= 11 is 0. The molecule has 2 aliphatic heterocycles. The van der Waals surface area contributed by atoms with Crippen molar-refractivity contribution in [3.63, 3.8) is 0 Å². The molecule has 0 bridgehead atoms. The molecule has 0 unspecified atom stereocenters. The molecule has 32 heavy (non-hydrogen) atoms. The van der Waals surface area contributed by atoms with Gasteiger partial charge >= 0.3 is 0 Å². The summed E-state index contributed by atoms with van der Waals surface area (Å²) in [6.07, 6.45) is 1.17. The van der Waals surface area contributed by atoms with Gasteiger partial charge in [-0.25, -0.2) is 8.42 Å². The van der Waals surface area contributed by atoms with Crippen molar-refractivity contribution in [2.75, 3.05) is 44.2 Å². The normalized spacial score (nSPS) is 18.7. The molecular formula is C25H33N3O3S. The van der Waals surface area contributed by atoms with E-state index in [1.54, 1.807) is 12.1 Å². The Kier molecular flexibility index (Phi) is 6.58. The molecule has 4 rings (SSSR count). The standard InChI is InChI=1S/C25H33N3O3S/c1-19-4-7-23(8-5-19)32(30,31)28-12-10-22(11-13-28)25(29)27-16-14-26(15-17-27)24-9-6-20(2)18-21(24)3/h4-9,18,22H,10-17H2,1-3H3. The molecule has 2 heterocycles. The second-order valence-corrected chi connectivity index (χ2v) is 11.0. The van der Waals surface area contributed by atoms with Crippen LogP contribution < -0.4 is 4.90 Å². The van der Waals surface area contributed by atoms with Crippen LogP contribution in [0, 0.1) is 26.7 Å². The van der Waals surface area contributed by atoms with Gasteiger partial charge in [-0.2, -0.15) is 4.31 Å². The third kappa shape index (κ3) is 4.69. The number of rotatable bonds is 4. The maximum Gasteiger partial charge on any atom is 0.243 e. The van der Waals surface area contributed by atoms with Crippen LogP contribution in [-0.2, 0) is 14.8 Å². The molecule has 0 N–H and O–H groups in total. The number of hydrogen-bond acceptors (Lipinski definition) is 4. The highest BCUT2D eigenvalue weighted by Crippen LogP contribution is 2.27. The highest BCUT2D eigenvalue weighted by molar-refractivity contribution is 7.89. The van der Waals surface area contributed by atoms with Gasteiger partial charge in [0.2, 0.25) is 15.9 Å². The molecule has 0 radical (unpaired) electrons. The van der Waals surface area contributed by atoms with E-state index in [0.717, 1.165) is 18.7 Å². The van der Waals surface area contributed by atoms with Gasteiger partial charge in [-0.05, 0) is 57.4 Å². The molecule has 172 valence electrons. The third-order valence-corrected chi connectivity index (χ3v) is 8.66. The Morgan fingerprint density at radius 3 is 2.00 bits per heavy atom. The lowest BCUT2D eigenvalue weighted by molar-refractivity contribution is -0.137. The Morgan fingerprint density at radius 1 is 0.812 bits per heavy atom. The minimum absolute atomic E-state index is 0.0906. The zero-order valence-electron chi connectivity index (χ0n) is 19.3. The van der Waals surface area contributed by atoms with Gasteiger partial charge in [0.25, 0.3) is 0 Å². The molecule has 0 aliphatic carbocycles. The minimum atomic E-state index is -3.50. The fraction of sp³-hybridized carbons (Fsp3) is 0.480. The number of piperazine rings is 1. The summed E-state index contributed by atoms with van der Waals surface area (Å²) in [5.74, 6) is 0.0878. The van der Waals surface area contributed by atoms with Crippen molar-refractivity contribution in [2.24, 2.45) is 5.92 Å². The molecule has 2 aromatic carbocycles. The summed E-state index contributed by atoms with van der Waals surface area (Å²) in [6, 6.07) is 13.5. The smallest absolute Gasteiger partial charge is 0.243 e. The molecule has 0 atom stereocenters. The van der Waals surface area contributed by atoms with Gasteiger partial charge in [0.15, 0.2) is 0 Å². The predicted octanol–water partition coefficient (Wildman–Crippen LogP) is 3.36. The Morgan fingerprint density at radius 2 is 1.41 bits per heavy atom. The average Bonchev–Trinajstić information content (AvgIpc) is 2.79. The van der Waals surface area contributed by atoms with Crippen LogP contribution in [0.3, 0.4) is 0 Å². The lowest BCUT2D eigenvalue weighted by atomic mass is 9.96. The second kappa shape index (κ2) is 9.24. The van der Waals surface area contributed by atoms with Crippen LogP contribution in [-0.4, -0.2) is 62.8 Å². The van der Waals surface area contributed by atoms with Gasteiger partial charge in [-0.1, -0.05) is 35.4 Å². The number of amides is 1. The topological polar surface area (TPSA) is 60.9 Å². The highest BCUT2D eigenvalue weighted by Gasteiger charge is 2.34. The monoisotopic (exact) mass is 455 g/mol. The number of nitrogens with zero attached hydrogens (tertiary/aromatic N) is 3. The van der Waals surface area contributed by atoms with Crippen molar-refractivity contribution in [1.29, 1.82) is 0 Å². The highest BCUT2D eigenvalue weighted by atomic mass is 32.2. The van der Waals surface area contributed by atoms with Gasteiger partial charge in [0, 0.05) is 50.9 Å². The Hall–Kier alpha value is -2.38. The van der Waals surface area contributed by atoms with E-state index in [-0.39, 0.29) is 11.8 Å². The van der Waals surface area contributed by atoms with E-state index in [0.29, 0.717) is 43.9 Å². The van der Waals surface area contributed by atoms with Gasteiger partial charge < -0.3 is 9.80 Å². The molecule has 7 heteroatoms. The number of sulfonamides is 1. The maximum absolute atomic E-state index is 13.1. The molecule has 0 saturated carbocycles. The van der Waals surface area contributed by atoms with E-state index >= 15 is 0 Å². The first kappa shape index (κ1) is 22.8. The van der Waals surface area contributed by atoms with Crippen LogP contribution in [0.2, 0.25) is 0 Å². The molecule has 1 amide bonds. The number of carbonyl (C=O) groups is 1. The van der Waals surface area contributed by atoms with Crippen molar-refractivity contribution < 1.29 is 13.2 Å². The SMILES string of the molecule is Cc1ccc(S(=O)(=O)N2CCC(C(=O)N3CCN(c4ccc(C)cc4C)CC3)CC2)cc1. The van der Waals surface area contributed by atoms with Gasteiger partial charge in [0.05, 0.1) is 4.90 Å². The zero-order valence-corrected chi connectivity index (χ0v) is 20.1. The summed E-state index contributed by atoms with van der Waals surface area (Å²) in [4.78, 5) is 17.8. The van der Waals surface area contributed by atoms with Crippen LogP contribution in [0.25, 0.3) is 0 Å². The minimum Gasteiger partial charge on any atom is -0.368 e. The molecule has 0 spiro atoms. The number of carbonyl (C=O) groups excluding carboxylic acids is 1. The first-order valence-corrected chi connectivity index (χ1v) is 12.9. The first-order valence-electron chi connectivity index (χ1n) is 11.4. The number of anilines is 1. The summed E-state index contributed by atoms with van der Waals surface area (Å²) < 4.78 is 27.4. The van der Waals surface area contributed by atoms with Crippen molar-refractivity contribution >= 4 is 21.6 Å². The first-order chi connectivity index (χ1) is 15.3. The fourth-order valence-electron chi connectivity index (χ4n) is 4.79. The number of benzene rings is 2. The number of piperidine rings is 1. The van der Waals surface area contributed by atoms with Gasteiger partial charge in [-0.15, -0.1) is 0 Å². The van der Waals surface area contributed by atoms with E-state index in [4.69, 9.17) is 0 Å². The van der Waals surface area contributed by atoms with Crippen molar-refractivity contribution in [3.8, 4) is 0 Å². The van der Waals surface area contributed by atoms with Gasteiger partial charge in [-0.3, -0.25) is 4.79 Å². The number of aryl methyl sites for hydroxylation is 3. The molecule has 2 aromatic rings. The predicted molar refractivity (Wildman–Crippen MR) is 127 cm³/mol. The fourth-order valence-corrected chi connectivity index (χ4v) is 6.26. The number of hydrogen-bond donors (Lipinski definition) is 0. The Labute approximate surface area is 191 Å². The van der Waals surface area contributed by atoms with Crippen LogP contribution in [0.5, 0.6) is 0 Å². The van der Waals surface area contributed by atoms with Crippen molar-refractivity contribution in [3.05, 3.63) is 59.2 Å². The van der Waals surface area contributed by atoms with E-state index < -0.39 is 10.0 Å². The van der Waals surface area contributed by atoms with Gasteiger partial charge in [0.1, 0.15) is 0 Å². The lowest BCUT2D eigenvalue weighted by Gasteiger charge is -2.39. The van der Waals surface area contributed by atoms with Crippen LogP contribution in [0.15, 0.2) is 47.4 Å². The van der Waals surface area contributed by atoms with Crippen molar-refractivity contribution in [1.82, 2.24) is 9.21 Å². The van der Waals surface area contributed by atoms with E-state index in [2.05, 4.69) is 36.9 Å². The molecule has 2 saturated heterocycles. The van der Waals surface area contributed by atoms with Crippen LogP contribution >= 0.6 is 0 Å². The zero-order chi connectivity index (χ0) is 22.9. The summed E-state index contributed by atoms with van der Waals surface area (Å²) in [7, 11) is -3.50. The Balaban J connectivity index is 1.32. The lowest BCUT2D eigenvalue weighted by Crippen LogP contribution is -2.52. The third-order valence-electron chi connectivity index (χ3n) is 6.75. The summed E-state index contributed by atoms with van der Waals surface area (Å²) in [5, 5.41) is 0. The molecule has 0 aromatic heterocycles. The second-order valence-electron chi connectivity index (χ2n) is 9.09. The van der Waals surface area contributed by atoms with E-state index in [9.17, 15) is 13.2 Å². The average molecular weight is 456 g/mol. The van der Waals surface area contributed by atoms with Crippen LogP contribution in [0.1, 0.15) is 29.5 Å². The van der Waals surface area contributed by atoms with E-state index in [1.165, 1.54) is 21.1 Å². The summed E-state index contributed by atoms with van der Waals surface area (Å²) in [5.41, 5.74) is 4.81. The molecule has 6 nitrogen and oxygen atoms in total. The quantitative estimate of drug-likeness (QED) is 0.709. The van der Waals surface area contributed by atoms with E-state index in [1.807, 2.05) is 24.0 Å². The van der Waals surface area contributed by atoms with Crippen LogP contribution in [0.4, 0.5) is 5.69 Å². The molecular weight excluding hydrogens is 422 g/mol. The Bertz CT molecular complexity index is 1070. The molecule has 2 aliphatic rings.